The fourth-order valence-corrected chi connectivity index (χ4v) is 9.37. The van der Waals surface area contributed by atoms with E-state index in [1.807, 2.05) is 47.5 Å². The molecule has 3 aliphatic heterocycles. The normalized spacial score (nSPS) is 18.8. The standard InChI is InChI=1S/C40H48Cl2N8O3/c1-47-33-14-18-49(22-25-8-4-3-5-9-25)23-31(33)43-37(47)39(51)45-29-12-6-10-27(35(29)41)28-11-7-13-30(36(28)42)46-40(52)38-44-32-24-50(19-15-34(32)48(38)2)26-16-20-53-21-17-26/h6-7,10-13,25-26H,3-5,8-9,14-24H2,1-2H3,(H,45,51)(H,46,52). The first-order valence-corrected chi connectivity index (χ1v) is 19.8. The Morgan fingerprint density at radius 3 is 1.89 bits per heavy atom. The molecular formula is C40H48Cl2N8O3. The van der Waals surface area contributed by atoms with Crippen molar-refractivity contribution in [2.45, 2.75) is 76.9 Å². The number of rotatable bonds is 8. The summed E-state index contributed by atoms with van der Waals surface area (Å²) in [6, 6.07) is 11.4. The van der Waals surface area contributed by atoms with E-state index in [2.05, 4.69) is 20.4 Å². The lowest BCUT2D eigenvalue weighted by Crippen LogP contribution is -2.42. The number of imidazole rings is 2. The van der Waals surface area contributed by atoms with Gasteiger partial charge in [-0.1, -0.05) is 66.7 Å². The van der Waals surface area contributed by atoms with E-state index < -0.39 is 0 Å². The van der Waals surface area contributed by atoms with Crippen LogP contribution < -0.4 is 10.6 Å². The molecule has 8 rings (SSSR count). The van der Waals surface area contributed by atoms with Crippen molar-refractivity contribution >= 4 is 46.4 Å². The minimum absolute atomic E-state index is 0.319. The van der Waals surface area contributed by atoms with Gasteiger partial charge in [-0.3, -0.25) is 19.4 Å². The van der Waals surface area contributed by atoms with E-state index in [1.54, 1.807) is 12.1 Å². The Morgan fingerprint density at radius 2 is 1.30 bits per heavy atom. The predicted octanol–water partition coefficient (Wildman–Crippen LogP) is 7.11. The number of carbonyl (C=O) groups is 2. The average molecular weight is 760 g/mol. The van der Waals surface area contributed by atoms with E-state index in [4.69, 9.17) is 37.9 Å². The molecule has 0 unspecified atom stereocenters. The van der Waals surface area contributed by atoms with Gasteiger partial charge in [-0.2, -0.15) is 0 Å². The number of benzene rings is 2. The van der Waals surface area contributed by atoms with E-state index in [0.717, 1.165) is 100 Å². The smallest absolute Gasteiger partial charge is 0.291 e. The third kappa shape index (κ3) is 7.38. The van der Waals surface area contributed by atoms with E-state index in [9.17, 15) is 9.59 Å². The number of hydrogen-bond donors (Lipinski definition) is 2. The molecule has 2 fully saturated rings. The van der Waals surface area contributed by atoms with Crippen LogP contribution in [0.25, 0.3) is 11.1 Å². The molecule has 53 heavy (non-hydrogen) atoms. The zero-order chi connectivity index (χ0) is 36.6. The average Bonchev–Trinajstić information content (AvgIpc) is 3.69. The van der Waals surface area contributed by atoms with Gasteiger partial charge in [-0.25, -0.2) is 9.97 Å². The molecule has 2 aromatic carbocycles. The van der Waals surface area contributed by atoms with Crippen molar-refractivity contribution in [2.75, 3.05) is 43.5 Å². The summed E-state index contributed by atoms with van der Waals surface area (Å²) in [4.78, 5) is 41.9. The molecule has 4 aromatic rings. The molecule has 0 atom stereocenters. The molecule has 280 valence electrons. The van der Waals surface area contributed by atoms with Crippen molar-refractivity contribution in [2.24, 2.45) is 20.0 Å². The van der Waals surface area contributed by atoms with Crippen LogP contribution in [0.5, 0.6) is 0 Å². The quantitative estimate of drug-likeness (QED) is 0.197. The van der Waals surface area contributed by atoms with E-state index in [1.165, 1.54) is 32.1 Å². The summed E-state index contributed by atoms with van der Waals surface area (Å²) in [6.45, 7) is 6.11. The molecule has 0 bridgehead atoms. The van der Waals surface area contributed by atoms with Gasteiger partial charge in [0.25, 0.3) is 11.8 Å². The third-order valence-electron chi connectivity index (χ3n) is 11.8. The third-order valence-corrected chi connectivity index (χ3v) is 12.6. The molecule has 5 heterocycles. The second kappa shape index (κ2) is 15.5. The molecule has 4 aliphatic rings. The molecule has 0 spiro atoms. The van der Waals surface area contributed by atoms with Gasteiger partial charge < -0.3 is 24.5 Å². The number of halogens is 2. The Balaban J connectivity index is 0.960. The van der Waals surface area contributed by atoms with Crippen molar-refractivity contribution in [1.29, 1.82) is 0 Å². The molecule has 1 saturated heterocycles. The Bertz CT molecular complexity index is 2010. The van der Waals surface area contributed by atoms with E-state index in [0.29, 0.717) is 50.2 Å². The predicted molar refractivity (Wildman–Crippen MR) is 208 cm³/mol. The topological polar surface area (TPSA) is 110 Å². The fourth-order valence-electron chi connectivity index (χ4n) is 8.82. The van der Waals surface area contributed by atoms with Crippen LogP contribution in [0, 0.1) is 5.92 Å². The Labute approximate surface area is 321 Å². The molecule has 2 N–H and O–H groups in total. The largest absolute Gasteiger partial charge is 0.381 e. The highest BCUT2D eigenvalue weighted by Gasteiger charge is 2.31. The Morgan fingerprint density at radius 1 is 0.755 bits per heavy atom. The van der Waals surface area contributed by atoms with Crippen LogP contribution in [-0.2, 0) is 44.8 Å². The lowest BCUT2D eigenvalue weighted by Gasteiger charge is -2.36. The van der Waals surface area contributed by atoms with Crippen molar-refractivity contribution in [3.8, 4) is 11.1 Å². The van der Waals surface area contributed by atoms with Gasteiger partial charge in [0.05, 0.1) is 32.8 Å². The number of ether oxygens (including phenoxy) is 1. The number of nitrogens with one attached hydrogen (secondary N) is 2. The maximum atomic E-state index is 13.7. The first-order chi connectivity index (χ1) is 25.7. The maximum absolute atomic E-state index is 13.7. The van der Waals surface area contributed by atoms with Crippen LogP contribution >= 0.6 is 23.2 Å². The number of carbonyl (C=O) groups excluding carboxylic acids is 2. The minimum atomic E-state index is -0.333. The summed E-state index contributed by atoms with van der Waals surface area (Å²) in [5, 5.41) is 6.68. The first kappa shape index (κ1) is 36.2. The molecule has 1 aliphatic carbocycles. The van der Waals surface area contributed by atoms with Crippen LogP contribution in [0.15, 0.2) is 36.4 Å². The molecule has 1 saturated carbocycles. The zero-order valence-electron chi connectivity index (χ0n) is 30.6. The molecule has 0 radical (unpaired) electrons. The highest BCUT2D eigenvalue weighted by molar-refractivity contribution is 6.40. The summed E-state index contributed by atoms with van der Waals surface area (Å²) in [6.07, 6.45) is 10.4. The van der Waals surface area contributed by atoms with Crippen molar-refractivity contribution in [1.82, 2.24) is 28.9 Å². The van der Waals surface area contributed by atoms with Crippen molar-refractivity contribution in [3.63, 3.8) is 0 Å². The highest BCUT2D eigenvalue weighted by atomic mass is 35.5. The van der Waals surface area contributed by atoms with Gasteiger partial charge in [0.15, 0.2) is 11.6 Å². The van der Waals surface area contributed by atoms with Crippen LogP contribution in [0.4, 0.5) is 11.4 Å². The lowest BCUT2D eigenvalue weighted by atomic mass is 9.88. The number of aromatic nitrogens is 4. The van der Waals surface area contributed by atoms with Gasteiger partial charge in [0.2, 0.25) is 0 Å². The number of amides is 2. The lowest BCUT2D eigenvalue weighted by molar-refractivity contribution is 0.0283. The number of fused-ring (bicyclic) bond motifs is 2. The monoisotopic (exact) mass is 758 g/mol. The summed E-state index contributed by atoms with van der Waals surface area (Å²) in [5.74, 6) is 0.824. The second-order valence-electron chi connectivity index (χ2n) is 15.1. The van der Waals surface area contributed by atoms with Crippen molar-refractivity contribution < 1.29 is 14.3 Å². The zero-order valence-corrected chi connectivity index (χ0v) is 32.1. The van der Waals surface area contributed by atoms with Crippen molar-refractivity contribution in [3.05, 3.63) is 80.9 Å². The molecule has 2 aromatic heterocycles. The molecule has 13 heteroatoms. The summed E-state index contributed by atoms with van der Waals surface area (Å²) in [7, 11) is 3.81. The second-order valence-corrected chi connectivity index (χ2v) is 15.8. The van der Waals surface area contributed by atoms with Crippen LogP contribution in [-0.4, -0.2) is 79.6 Å². The fraction of sp³-hybridized carbons (Fsp3) is 0.500. The number of anilines is 2. The number of hydrogen-bond acceptors (Lipinski definition) is 7. The maximum Gasteiger partial charge on any atom is 0.291 e. The van der Waals surface area contributed by atoms with Crippen LogP contribution in [0.3, 0.4) is 0 Å². The van der Waals surface area contributed by atoms with E-state index in [-0.39, 0.29) is 11.8 Å². The van der Waals surface area contributed by atoms with Gasteiger partial charge in [-0.05, 0) is 43.7 Å². The van der Waals surface area contributed by atoms with Gasteiger partial charge >= 0.3 is 0 Å². The minimum Gasteiger partial charge on any atom is -0.381 e. The van der Waals surface area contributed by atoms with Gasteiger partial charge in [0.1, 0.15) is 0 Å². The molecule has 11 nitrogen and oxygen atoms in total. The summed E-state index contributed by atoms with van der Waals surface area (Å²) >= 11 is 14.0. The summed E-state index contributed by atoms with van der Waals surface area (Å²) in [5.41, 5.74) is 6.28. The first-order valence-electron chi connectivity index (χ1n) is 19.1. The van der Waals surface area contributed by atoms with Crippen LogP contribution in [0.1, 0.15) is 89.0 Å². The SMILES string of the molecule is Cn1c(C(=O)Nc2cccc(-c3cccc(NC(=O)c4nc5c(n4C)CCN(C4CCOCC4)C5)c3Cl)c2Cl)nc2c1CCN(CC1CCCCC1)C2. The van der Waals surface area contributed by atoms with Gasteiger partial charge in [0, 0.05) is 101 Å². The number of nitrogens with zero attached hydrogens (tertiary/aromatic N) is 6. The summed E-state index contributed by atoms with van der Waals surface area (Å²) < 4.78 is 9.38. The van der Waals surface area contributed by atoms with E-state index >= 15 is 0 Å². The molecule has 2 amide bonds. The Hall–Kier alpha value is -3.74. The van der Waals surface area contributed by atoms with Crippen LogP contribution in [0.2, 0.25) is 10.0 Å². The Kier molecular flexibility index (Phi) is 10.6. The highest BCUT2D eigenvalue weighted by Crippen LogP contribution is 2.40. The van der Waals surface area contributed by atoms with Gasteiger partial charge in [-0.15, -0.1) is 0 Å². The molecular weight excluding hydrogens is 711 g/mol.